The smallest absolute Gasteiger partial charge is 0.319 e. The first-order valence-corrected chi connectivity index (χ1v) is 11.2. The van der Waals surface area contributed by atoms with Gasteiger partial charge in [0, 0.05) is 24.5 Å². The Hall–Kier alpha value is -2.24. The number of anilines is 2. The van der Waals surface area contributed by atoms with Crippen LogP contribution in [0.25, 0.3) is 0 Å². The lowest BCUT2D eigenvalue weighted by molar-refractivity contribution is 0.249. The zero-order chi connectivity index (χ0) is 21.5. The van der Waals surface area contributed by atoms with Crippen LogP contribution < -0.4 is 21.3 Å². The Morgan fingerprint density at radius 1 is 0.897 bits per heavy atom. The SMILES string of the molecule is CCCCCCNC(=O)Nc1ccc(C)c(NC(=O)NCC(CC)CCCC)c1. The van der Waals surface area contributed by atoms with Gasteiger partial charge in [0.15, 0.2) is 0 Å². The molecule has 1 unspecified atom stereocenters. The maximum atomic E-state index is 12.3. The Labute approximate surface area is 176 Å². The third kappa shape index (κ3) is 10.8. The number of hydrogen-bond donors (Lipinski definition) is 4. The van der Waals surface area contributed by atoms with E-state index < -0.39 is 0 Å². The van der Waals surface area contributed by atoms with Gasteiger partial charge in [-0.3, -0.25) is 0 Å². The number of carbonyl (C=O) groups excluding carboxylic acids is 2. The van der Waals surface area contributed by atoms with Crippen molar-refractivity contribution >= 4 is 23.4 Å². The highest BCUT2D eigenvalue weighted by Gasteiger charge is 2.10. The number of urea groups is 2. The molecule has 0 spiro atoms. The van der Waals surface area contributed by atoms with Crippen LogP contribution in [0.5, 0.6) is 0 Å². The number of nitrogens with one attached hydrogen (secondary N) is 4. The molecule has 0 saturated carbocycles. The van der Waals surface area contributed by atoms with Crippen LogP contribution in [0, 0.1) is 12.8 Å². The molecule has 0 aliphatic carbocycles. The average Bonchev–Trinajstić information content (AvgIpc) is 2.70. The molecule has 6 nitrogen and oxygen atoms in total. The first-order chi connectivity index (χ1) is 14.0. The van der Waals surface area contributed by atoms with Gasteiger partial charge < -0.3 is 21.3 Å². The molecule has 1 atom stereocenters. The molecule has 1 aromatic carbocycles. The lowest BCUT2D eigenvalue weighted by Gasteiger charge is -2.17. The molecule has 1 aromatic rings. The summed E-state index contributed by atoms with van der Waals surface area (Å²) in [4.78, 5) is 24.3. The van der Waals surface area contributed by atoms with Gasteiger partial charge in [-0.05, 0) is 43.4 Å². The van der Waals surface area contributed by atoms with E-state index in [0.29, 0.717) is 30.4 Å². The molecule has 1 rings (SSSR count). The summed E-state index contributed by atoms with van der Waals surface area (Å²) >= 11 is 0. The fraction of sp³-hybridized carbons (Fsp3) is 0.652. The molecule has 4 N–H and O–H groups in total. The van der Waals surface area contributed by atoms with Gasteiger partial charge in [-0.1, -0.05) is 65.4 Å². The number of hydrogen-bond acceptors (Lipinski definition) is 2. The Morgan fingerprint density at radius 2 is 1.62 bits per heavy atom. The Bertz CT molecular complexity index is 619. The van der Waals surface area contributed by atoms with Crippen LogP contribution in [-0.2, 0) is 0 Å². The van der Waals surface area contributed by atoms with Crippen LogP contribution in [-0.4, -0.2) is 25.2 Å². The highest BCUT2D eigenvalue weighted by Crippen LogP contribution is 2.20. The molecule has 0 radical (unpaired) electrons. The van der Waals surface area contributed by atoms with Crippen molar-refractivity contribution in [3.63, 3.8) is 0 Å². The van der Waals surface area contributed by atoms with Gasteiger partial charge >= 0.3 is 12.1 Å². The minimum atomic E-state index is -0.220. The number of carbonyl (C=O) groups is 2. The van der Waals surface area contributed by atoms with Crippen LogP contribution >= 0.6 is 0 Å². The van der Waals surface area contributed by atoms with Gasteiger partial charge in [0.1, 0.15) is 0 Å². The Kier molecular flexibility index (Phi) is 12.6. The van der Waals surface area contributed by atoms with Crippen molar-refractivity contribution in [3.8, 4) is 0 Å². The number of benzene rings is 1. The third-order valence-corrected chi connectivity index (χ3v) is 5.15. The van der Waals surface area contributed by atoms with E-state index >= 15 is 0 Å². The van der Waals surface area contributed by atoms with Crippen molar-refractivity contribution in [3.05, 3.63) is 23.8 Å². The fourth-order valence-electron chi connectivity index (χ4n) is 3.11. The van der Waals surface area contributed by atoms with Crippen molar-refractivity contribution in [1.82, 2.24) is 10.6 Å². The van der Waals surface area contributed by atoms with E-state index in [1.165, 1.54) is 25.7 Å². The van der Waals surface area contributed by atoms with E-state index in [0.717, 1.165) is 31.2 Å². The van der Waals surface area contributed by atoms with Crippen molar-refractivity contribution < 1.29 is 9.59 Å². The first-order valence-electron chi connectivity index (χ1n) is 11.2. The molecule has 0 aliphatic rings. The number of amides is 4. The van der Waals surface area contributed by atoms with Crippen LogP contribution in [0.15, 0.2) is 18.2 Å². The summed E-state index contributed by atoms with van der Waals surface area (Å²) in [5.41, 5.74) is 2.31. The van der Waals surface area contributed by atoms with Crippen LogP contribution in [0.2, 0.25) is 0 Å². The molecular weight excluding hydrogens is 364 g/mol. The van der Waals surface area contributed by atoms with Crippen molar-refractivity contribution in [2.45, 2.75) is 79.1 Å². The largest absolute Gasteiger partial charge is 0.338 e. The van der Waals surface area contributed by atoms with E-state index in [2.05, 4.69) is 42.0 Å². The molecule has 0 fully saturated rings. The number of unbranched alkanes of at least 4 members (excludes halogenated alkanes) is 4. The summed E-state index contributed by atoms with van der Waals surface area (Å²) in [6, 6.07) is 5.10. The quantitative estimate of drug-likeness (QED) is 0.303. The third-order valence-electron chi connectivity index (χ3n) is 5.15. The molecule has 0 aliphatic heterocycles. The Morgan fingerprint density at radius 3 is 2.31 bits per heavy atom. The molecule has 0 saturated heterocycles. The predicted molar refractivity (Wildman–Crippen MR) is 123 cm³/mol. The van der Waals surface area contributed by atoms with E-state index in [-0.39, 0.29) is 12.1 Å². The zero-order valence-electron chi connectivity index (χ0n) is 18.7. The summed E-state index contributed by atoms with van der Waals surface area (Å²) in [6.07, 6.45) is 9.04. The summed E-state index contributed by atoms with van der Waals surface area (Å²) in [7, 11) is 0. The topological polar surface area (TPSA) is 82.3 Å². The summed E-state index contributed by atoms with van der Waals surface area (Å²) in [5.74, 6) is 0.510. The maximum Gasteiger partial charge on any atom is 0.319 e. The highest BCUT2D eigenvalue weighted by molar-refractivity contribution is 5.93. The van der Waals surface area contributed by atoms with E-state index in [1.807, 2.05) is 19.1 Å². The van der Waals surface area contributed by atoms with Gasteiger partial charge in [0.2, 0.25) is 0 Å². The fourth-order valence-corrected chi connectivity index (χ4v) is 3.11. The summed E-state index contributed by atoms with van der Waals surface area (Å²) in [5, 5.41) is 11.6. The second kappa shape index (κ2) is 14.7. The molecular formula is C23H40N4O2. The zero-order valence-corrected chi connectivity index (χ0v) is 18.7. The Balaban J connectivity index is 2.49. The molecule has 0 heterocycles. The minimum Gasteiger partial charge on any atom is -0.338 e. The molecule has 164 valence electrons. The standard InChI is InChI=1S/C23H40N4O2/c1-5-8-10-11-15-24-22(28)26-20-14-13-18(4)21(16-20)27-23(29)25-17-19(7-3)12-9-6-2/h13-14,16,19H,5-12,15,17H2,1-4H3,(H2,24,26,28)(H2,25,27,29). The average molecular weight is 405 g/mol. The maximum absolute atomic E-state index is 12.3. The number of aryl methyl sites for hydroxylation is 1. The normalized spacial score (nSPS) is 11.6. The van der Waals surface area contributed by atoms with E-state index in [1.54, 1.807) is 6.07 Å². The van der Waals surface area contributed by atoms with Crippen LogP contribution in [0.1, 0.15) is 77.7 Å². The highest BCUT2D eigenvalue weighted by atomic mass is 16.2. The van der Waals surface area contributed by atoms with E-state index in [4.69, 9.17) is 0 Å². The molecule has 29 heavy (non-hydrogen) atoms. The molecule has 0 aromatic heterocycles. The second-order valence-electron chi connectivity index (χ2n) is 7.72. The first kappa shape index (κ1) is 24.8. The van der Waals surface area contributed by atoms with Gasteiger partial charge in [-0.25, -0.2) is 9.59 Å². The van der Waals surface area contributed by atoms with Gasteiger partial charge in [0.25, 0.3) is 0 Å². The van der Waals surface area contributed by atoms with Crippen molar-refractivity contribution in [2.75, 3.05) is 23.7 Å². The number of rotatable bonds is 13. The van der Waals surface area contributed by atoms with Crippen molar-refractivity contribution in [1.29, 1.82) is 0 Å². The molecule has 4 amide bonds. The van der Waals surface area contributed by atoms with Crippen LogP contribution in [0.3, 0.4) is 0 Å². The minimum absolute atomic E-state index is 0.208. The second-order valence-corrected chi connectivity index (χ2v) is 7.72. The summed E-state index contributed by atoms with van der Waals surface area (Å²) in [6.45, 7) is 9.79. The van der Waals surface area contributed by atoms with Gasteiger partial charge in [0.05, 0.1) is 0 Å². The molecule has 6 heteroatoms. The monoisotopic (exact) mass is 404 g/mol. The lowest BCUT2D eigenvalue weighted by Crippen LogP contribution is -2.33. The predicted octanol–water partition coefficient (Wildman–Crippen LogP) is 6.03. The molecule has 0 bridgehead atoms. The van der Waals surface area contributed by atoms with E-state index in [9.17, 15) is 9.59 Å². The summed E-state index contributed by atoms with van der Waals surface area (Å²) < 4.78 is 0. The van der Waals surface area contributed by atoms with Gasteiger partial charge in [-0.15, -0.1) is 0 Å². The van der Waals surface area contributed by atoms with Gasteiger partial charge in [-0.2, -0.15) is 0 Å². The van der Waals surface area contributed by atoms with Crippen molar-refractivity contribution in [2.24, 2.45) is 5.92 Å². The lowest BCUT2D eigenvalue weighted by atomic mass is 9.99. The van der Waals surface area contributed by atoms with Crippen LogP contribution in [0.4, 0.5) is 21.0 Å².